The normalized spacial score (nSPS) is 12.3. The Hall–Kier alpha value is -1.57. The van der Waals surface area contributed by atoms with Crippen LogP contribution in [0.25, 0.3) is 0 Å². The fraction of sp³-hybridized carbons (Fsp3) is 0.308. The van der Waals surface area contributed by atoms with Crippen LogP contribution < -0.4 is 0 Å². The summed E-state index contributed by atoms with van der Waals surface area (Å²) in [5, 5.41) is 27.1. The summed E-state index contributed by atoms with van der Waals surface area (Å²) >= 11 is 6.94. The summed E-state index contributed by atoms with van der Waals surface area (Å²) in [7, 11) is 0. The van der Waals surface area contributed by atoms with Crippen LogP contribution in [0.4, 0.5) is 0 Å². The molecule has 2 rings (SSSR count). The minimum atomic E-state index is -0.931. The molecule has 1 unspecified atom stereocenters. The predicted molar refractivity (Wildman–Crippen MR) is 79.6 cm³/mol. The minimum Gasteiger partial charge on any atom is -0.481 e. The molecular formula is C13H14ClN3O3S. The van der Waals surface area contributed by atoms with Crippen LogP contribution in [-0.4, -0.2) is 36.7 Å². The summed E-state index contributed by atoms with van der Waals surface area (Å²) in [6, 6.07) is 7.16. The molecule has 0 aliphatic heterocycles. The smallest absolute Gasteiger partial charge is 0.313 e. The molecule has 0 spiro atoms. The van der Waals surface area contributed by atoms with Crippen molar-refractivity contribution in [3.63, 3.8) is 0 Å². The van der Waals surface area contributed by atoms with Crippen molar-refractivity contribution < 1.29 is 15.0 Å². The Morgan fingerprint density at radius 3 is 2.62 bits per heavy atom. The number of hydrogen-bond acceptors (Lipinski definition) is 5. The van der Waals surface area contributed by atoms with Gasteiger partial charge in [-0.1, -0.05) is 35.5 Å². The van der Waals surface area contributed by atoms with Crippen molar-refractivity contribution in [1.82, 2.24) is 14.8 Å². The van der Waals surface area contributed by atoms with Gasteiger partial charge in [0.2, 0.25) is 0 Å². The Balaban J connectivity index is 2.33. The van der Waals surface area contributed by atoms with Gasteiger partial charge in [0.25, 0.3) is 0 Å². The molecule has 2 aromatic rings. The Kier molecular flexibility index (Phi) is 5.22. The van der Waals surface area contributed by atoms with Gasteiger partial charge in [0.15, 0.2) is 11.0 Å². The summed E-state index contributed by atoms with van der Waals surface area (Å²) in [4.78, 5) is 10.7. The number of thioether (sulfide) groups is 1. The zero-order valence-electron chi connectivity index (χ0n) is 11.2. The highest BCUT2D eigenvalue weighted by atomic mass is 35.5. The predicted octanol–water partition coefficient (Wildman–Crippen LogP) is 2.21. The number of nitrogens with zero attached hydrogens (tertiary/aromatic N) is 3. The molecule has 0 radical (unpaired) electrons. The molecule has 1 heterocycles. The second-order valence-electron chi connectivity index (χ2n) is 4.34. The number of rotatable bonds is 6. The third kappa shape index (κ3) is 3.75. The lowest BCUT2D eigenvalue weighted by atomic mass is 10.1. The summed E-state index contributed by atoms with van der Waals surface area (Å²) < 4.78 is 1.73. The van der Waals surface area contributed by atoms with E-state index in [9.17, 15) is 9.90 Å². The molecule has 0 aliphatic rings. The number of hydrogen-bond donors (Lipinski definition) is 2. The molecular weight excluding hydrogens is 314 g/mol. The van der Waals surface area contributed by atoms with Crippen molar-refractivity contribution in [2.24, 2.45) is 0 Å². The van der Waals surface area contributed by atoms with Crippen molar-refractivity contribution in [1.29, 1.82) is 0 Å². The molecule has 8 heteroatoms. The van der Waals surface area contributed by atoms with Gasteiger partial charge in [-0.2, -0.15) is 0 Å². The van der Waals surface area contributed by atoms with Gasteiger partial charge in [-0.3, -0.25) is 9.36 Å². The Bertz CT molecular complexity index is 630. The van der Waals surface area contributed by atoms with Crippen LogP contribution in [0.2, 0.25) is 5.02 Å². The van der Waals surface area contributed by atoms with E-state index in [-0.39, 0.29) is 18.4 Å². The first-order valence-electron chi connectivity index (χ1n) is 6.17. The SMILES string of the molecule is CC(c1ccc(Cl)cc1)n1c(CO)nnc1SCC(=O)O. The number of benzene rings is 1. The van der Waals surface area contributed by atoms with Gasteiger partial charge < -0.3 is 10.2 Å². The van der Waals surface area contributed by atoms with E-state index in [2.05, 4.69) is 10.2 Å². The van der Waals surface area contributed by atoms with Crippen LogP contribution in [0.5, 0.6) is 0 Å². The van der Waals surface area contributed by atoms with Crippen LogP contribution in [0.1, 0.15) is 24.4 Å². The van der Waals surface area contributed by atoms with E-state index >= 15 is 0 Å². The van der Waals surface area contributed by atoms with Gasteiger partial charge in [-0.25, -0.2) is 0 Å². The first-order valence-corrected chi connectivity index (χ1v) is 7.54. The van der Waals surface area contributed by atoms with Gasteiger partial charge in [0, 0.05) is 5.02 Å². The second kappa shape index (κ2) is 6.93. The monoisotopic (exact) mass is 327 g/mol. The first kappa shape index (κ1) is 15.8. The molecule has 1 aromatic heterocycles. The number of halogens is 1. The number of aromatic nitrogens is 3. The van der Waals surface area contributed by atoms with Gasteiger partial charge >= 0.3 is 5.97 Å². The average molecular weight is 328 g/mol. The van der Waals surface area contributed by atoms with E-state index in [4.69, 9.17) is 16.7 Å². The highest BCUT2D eigenvalue weighted by Crippen LogP contribution is 2.27. The number of carboxylic acids is 1. The van der Waals surface area contributed by atoms with Crippen LogP contribution in [0.3, 0.4) is 0 Å². The molecule has 0 bridgehead atoms. The third-order valence-electron chi connectivity index (χ3n) is 2.94. The highest BCUT2D eigenvalue weighted by Gasteiger charge is 2.19. The molecule has 0 amide bonds. The topological polar surface area (TPSA) is 88.2 Å². The maximum absolute atomic E-state index is 10.7. The quantitative estimate of drug-likeness (QED) is 0.791. The fourth-order valence-electron chi connectivity index (χ4n) is 1.92. The second-order valence-corrected chi connectivity index (χ2v) is 5.72. The fourth-order valence-corrected chi connectivity index (χ4v) is 2.80. The molecule has 0 fully saturated rings. The Labute approximate surface area is 130 Å². The van der Waals surface area contributed by atoms with Crippen molar-refractivity contribution >= 4 is 29.3 Å². The summed E-state index contributed by atoms with van der Waals surface area (Å²) in [5.41, 5.74) is 0.964. The van der Waals surface area contributed by atoms with Crippen LogP contribution in [0.15, 0.2) is 29.4 Å². The van der Waals surface area contributed by atoms with Gasteiger partial charge in [-0.05, 0) is 24.6 Å². The molecule has 0 saturated carbocycles. The van der Waals surface area contributed by atoms with Crippen LogP contribution in [-0.2, 0) is 11.4 Å². The summed E-state index contributed by atoms with van der Waals surface area (Å²) in [6.45, 7) is 1.66. The van der Waals surface area contributed by atoms with E-state index in [0.717, 1.165) is 17.3 Å². The van der Waals surface area contributed by atoms with Crippen molar-refractivity contribution in [3.8, 4) is 0 Å². The van der Waals surface area contributed by atoms with Gasteiger partial charge in [-0.15, -0.1) is 10.2 Å². The lowest BCUT2D eigenvalue weighted by Crippen LogP contribution is -2.13. The first-order chi connectivity index (χ1) is 10.0. The molecule has 6 nitrogen and oxygen atoms in total. The largest absolute Gasteiger partial charge is 0.481 e. The molecule has 1 aromatic carbocycles. The van der Waals surface area contributed by atoms with Crippen molar-refractivity contribution in [3.05, 3.63) is 40.7 Å². The van der Waals surface area contributed by atoms with Gasteiger partial charge in [0.1, 0.15) is 6.61 Å². The lowest BCUT2D eigenvalue weighted by molar-refractivity contribution is -0.133. The zero-order chi connectivity index (χ0) is 15.4. The van der Waals surface area contributed by atoms with Crippen molar-refractivity contribution in [2.75, 3.05) is 5.75 Å². The Morgan fingerprint density at radius 1 is 1.38 bits per heavy atom. The summed E-state index contributed by atoms with van der Waals surface area (Å²) in [5.74, 6) is -0.652. The molecule has 112 valence electrons. The minimum absolute atomic E-state index is 0.114. The zero-order valence-corrected chi connectivity index (χ0v) is 12.8. The lowest BCUT2D eigenvalue weighted by Gasteiger charge is -2.17. The van der Waals surface area contributed by atoms with E-state index in [1.165, 1.54) is 0 Å². The standard InChI is InChI=1S/C13H14ClN3O3S/c1-8(9-2-4-10(14)5-3-9)17-11(6-18)15-16-13(17)21-7-12(19)20/h2-5,8,18H,6-7H2,1H3,(H,19,20). The van der Waals surface area contributed by atoms with E-state index in [1.807, 2.05) is 19.1 Å². The number of carbonyl (C=O) groups is 1. The van der Waals surface area contributed by atoms with E-state index in [1.54, 1.807) is 16.7 Å². The van der Waals surface area contributed by atoms with Gasteiger partial charge in [0.05, 0.1) is 11.8 Å². The molecule has 0 saturated heterocycles. The molecule has 2 N–H and O–H groups in total. The molecule has 21 heavy (non-hydrogen) atoms. The number of carboxylic acid groups (broad SMARTS) is 1. The maximum atomic E-state index is 10.7. The molecule has 0 aliphatic carbocycles. The van der Waals surface area contributed by atoms with Crippen LogP contribution in [0, 0.1) is 0 Å². The number of aliphatic hydroxyl groups excluding tert-OH is 1. The maximum Gasteiger partial charge on any atom is 0.313 e. The number of aliphatic carboxylic acids is 1. The van der Waals surface area contributed by atoms with E-state index in [0.29, 0.717) is 16.0 Å². The highest BCUT2D eigenvalue weighted by molar-refractivity contribution is 7.99. The van der Waals surface area contributed by atoms with Crippen molar-refractivity contribution in [2.45, 2.75) is 24.7 Å². The third-order valence-corrected chi connectivity index (χ3v) is 4.12. The van der Waals surface area contributed by atoms with E-state index < -0.39 is 5.97 Å². The average Bonchev–Trinajstić information content (AvgIpc) is 2.88. The Morgan fingerprint density at radius 2 is 2.05 bits per heavy atom. The van der Waals surface area contributed by atoms with Crippen LogP contribution >= 0.6 is 23.4 Å². The summed E-state index contributed by atoms with van der Waals surface area (Å²) in [6.07, 6.45) is 0. The number of aliphatic hydroxyl groups is 1. The molecule has 1 atom stereocenters.